The van der Waals surface area contributed by atoms with Crippen molar-refractivity contribution in [1.82, 2.24) is 14.8 Å². The molecule has 9 heteroatoms. The molecule has 0 spiro atoms. The summed E-state index contributed by atoms with van der Waals surface area (Å²) in [5.41, 5.74) is 6.54. The lowest BCUT2D eigenvalue weighted by Gasteiger charge is -2.08. The van der Waals surface area contributed by atoms with Crippen molar-refractivity contribution >= 4 is 23.4 Å². The summed E-state index contributed by atoms with van der Waals surface area (Å²) in [6.07, 6.45) is 1.74. The number of amides is 1. The highest BCUT2D eigenvalue weighted by atomic mass is 32.2. The molecule has 0 aliphatic rings. The Bertz CT molecular complexity index is 1030. The topological polar surface area (TPSA) is 117 Å². The first-order valence-corrected chi connectivity index (χ1v) is 9.29. The summed E-state index contributed by atoms with van der Waals surface area (Å²) >= 11 is 1.32. The Morgan fingerprint density at radius 2 is 2.00 bits per heavy atom. The van der Waals surface area contributed by atoms with Gasteiger partial charge in [-0.05, 0) is 6.07 Å². The number of rotatable bonds is 8. The maximum Gasteiger partial charge on any atom is 0.274 e. The highest BCUT2D eigenvalue weighted by molar-refractivity contribution is 7.98. The van der Waals surface area contributed by atoms with Crippen molar-refractivity contribution in [2.24, 2.45) is 5.73 Å². The van der Waals surface area contributed by atoms with E-state index in [0.29, 0.717) is 28.8 Å². The molecule has 3 rings (SSSR count). The lowest BCUT2D eigenvalue weighted by atomic mass is 10.1. The molecule has 0 radical (unpaired) electrons. The maximum atomic E-state index is 11.4. The van der Waals surface area contributed by atoms with Gasteiger partial charge in [-0.15, -0.1) is 16.8 Å². The number of nitrogens with zero attached hydrogens (tertiary/aromatic N) is 4. The normalized spacial score (nSPS) is 10.6. The minimum Gasteiger partial charge on any atom is -0.366 e. The standard InChI is InChI=1S/C19H17N5O3S/c1-2-10-23-18(13-6-4-3-5-7-13)21-22-19(23)28-12-15-9-8-14(17(20)25)11-16(15)24(26)27/h2-9,11H,1,10,12H2,(H2,20,25). The number of aromatic nitrogens is 3. The summed E-state index contributed by atoms with van der Waals surface area (Å²) in [5, 5.41) is 20.5. The van der Waals surface area contributed by atoms with Gasteiger partial charge in [0.15, 0.2) is 11.0 Å². The van der Waals surface area contributed by atoms with Crippen LogP contribution < -0.4 is 5.73 Å². The molecular formula is C19H17N5O3S. The molecule has 1 amide bonds. The minimum absolute atomic E-state index is 0.0987. The number of primary amides is 1. The van der Waals surface area contributed by atoms with Crippen molar-refractivity contribution in [3.8, 4) is 11.4 Å². The van der Waals surface area contributed by atoms with Crippen LogP contribution in [0.4, 0.5) is 5.69 Å². The van der Waals surface area contributed by atoms with E-state index in [1.807, 2.05) is 34.9 Å². The fourth-order valence-electron chi connectivity index (χ4n) is 2.64. The Morgan fingerprint density at radius 3 is 2.64 bits per heavy atom. The van der Waals surface area contributed by atoms with Gasteiger partial charge in [-0.25, -0.2) is 0 Å². The number of nitrogens with two attached hydrogens (primary N) is 1. The highest BCUT2D eigenvalue weighted by Crippen LogP contribution is 2.30. The second-order valence-corrected chi connectivity index (χ2v) is 6.77. The lowest BCUT2D eigenvalue weighted by molar-refractivity contribution is -0.385. The number of allylic oxidation sites excluding steroid dienone is 1. The molecule has 2 N–H and O–H groups in total. The second kappa shape index (κ2) is 8.49. The zero-order chi connectivity index (χ0) is 20.1. The van der Waals surface area contributed by atoms with Gasteiger partial charge in [-0.2, -0.15) is 0 Å². The number of benzene rings is 2. The summed E-state index contributed by atoms with van der Waals surface area (Å²) in [7, 11) is 0. The molecule has 0 bridgehead atoms. The summed E-state index contributed by atoms with van der Waals surface area (Å²) in [6, 6.07) is 13.8. The van der Waals surface area contributed by atoms with Crippen molar-refractivity contribution in [1.29, 1.82) is 0 Å². The third kappa shape index (κ3) is 4.09. The molecular weight excluding hydrogens is 378 g/mol. The van der Waals surface area contributed by atoms with Crippen LogP contribution in [0.1, 0.15) is 15.9 Å². The first-order chi connectivity index (χ1) is 13.5. The summed E-state index contributed by atoms with van der Waals surface area (Å²) < 4.78 is 1.90. The zero-order valence-electron chi connectivity index (χ0n) is 14.8. The summed E-state index contributed by atoms with van der Waals surface area (Å²) in [4.78, 5) is 22.1. The van der Waals surface area contributed by atoms with E-state index < -0.39 is 10.8 Å². The Hall–Kier alpha value is -3.46. The SMILES string of the molecule is C=CCn1c(SCc2ccc(C(N)=O)cc2[N+](=O)[O-])nnc1-c1ccccc1. The first-order valence-electron chi connectivity index (χ1n) is 8.30. The fourth-order valence-corrected chi connectivity index (χ4v) is 3.59. The monoisotopic (exact) mass is 395 g/mol. The van der Waals surface area contributed by atoms with E-state index in [9.17, 15) is 14.9 Å². The van der Waals surface area contributed by atoms with Crippen LogP contribution in [0.25, 0.3) is 11.4 Å². The van der Waals surface area contributed by atoms with Gasteiger partial charge in [0, 0.05) is 35.1 Å². The van der Waals surface area contributed by atoms with Crippen LogP contribution in [0, 0.1) is 10.1 Å². The fraction of sp³-hybridized carbons (Fsp3) is 0.105. The van der Waals surface area contributed by atoms with Crippen LogP contribution in [-0.2, 0) is 12.3 Å². The second-order valence-electron chi connectivity index (χ2n) is 5.83. The van der Waals surface area contributed by atoms with E-state index in [4.69, 9.17) is 5.73 Å². The van der Waals surface area contributed by atoms with E-state index in [1.54, 1.807) is 6.08 Å². The third-order valence-corrected chi connectivity index (χ3v) is 5.00. The van der Waals surface area contributed by atoms with Crippen molar-refractivity contribution in [3.63, 3.8) is 0 Å². The molecule has 0 aliphatic carbocycles. The average Bonchev–Trinajstić information content (AvgIpc) is 3.09. The Kier molecular flexibility index (Phi) is 5.85. The van der Waals surface area contributed by atoms with Crippen molar-refractivity contribution in [2.45, 2.75) is 17.5 Å². The maximum absolute atomic E-state index is 11.4. The van der Waals surface area contributed by atoms with Crippen LogP contribution in [0.3, 0.4) is 0 Å². The van der Waals surface area contributed by atoms with Gasteiger partial charge in [-0.1, -0.05) is 54.2 Å². The van der Waals surface area contributed by atoms with E-state index >= 15 is 0 Å². The molecule has 1 aromatic heterocycles. The van der Waals surface area contributed by atoms with E-state index in [-0.39, 0.29) is 11.3 Å². The molecule has 8 nitrogen and oxygen atoms in total. The Labute approximate surface area is 165 Å². The number of carbonyl (C=O) groups excluding carboxylic acids is 1. The van der Waals surface area contributed by atoms with Gasteiger partial charge in [0.1, 0.15) is 0 Å². The molecule has 0 aliphatic heterocycles. The molecule has 0 saturated heterocycles. The quantitative estimate of drug-likeness (QED) is 0.270. The molecule has 2 aromatic carbocycles. The molecule has 0 saturated carbocycles. The minimum atomic E-state index is -0.708. The Morgan fingerprint density at radius 1 is 1.25 bits per heavy atom. The number of nitro groups is 1. The van der Waals surface area contributed by atoms with Gasteiger partial charge < -0.3 is 5.73 Å². The molecule has 1 heterocycles. The predicted octanol–water partition coefficient (Wildman–Crippen LogP) is 3.43. The first kappa shape index (κ1) is 19.3. The predicted molar refractivity (Wildman–Crippen MR) is 107 cm³/mol. The van der Waals surface area contributed by atoms with Gasteiger partial charge >= 0.3 is 0 Å². The zero-order valence-corrected chi connectivity index (χ0v) is 15.6. The third-order valence-electron chi connectivity index (χ3n) is 3.98. The number of hydrogen-bond acceptors (Lipinski definition) is 6. The van der Waals surface area contributed by atoms with Crippen LogP contribution in [0.2, 0.25) is 0 Å². The molecule has 0 atom stereocenters. The number of hydrogen-bond donors (Lipinski definition) is 1. The van der Waals surface area contributed by atoms with Crippen molar-refractivity contribution in [2.75, 3.05) is 0 Å². The smallest absolute Gasteiger partial charge is 0.274 e. The van der Waals surface area contributed by atoms with Gasteiger partial charge in [0.2, 0.25) is 5.91 Å². The Balaban J connectivity index is 1.89. The largest absolute Gasteiger partial charge is 0.366 e. The highest BCUT2D eigenvalue weighted by Gasteiger charge is 2.19. The van der Waals surface area contributed by atoms with E-state index in [2.05, 4.69) is 16.8 Å². The summed E-state index contributed by atoms with van der Waals surface area (Å²) in [6.45, 7) is 4.28. The lowest BCUT2D eigenvalue weighted by Crippen LogP contribution is -2.11. The van der Waals surface area contributed by atoms with Crippen molar-refractivity contribution in [3.05, 3.63) is 82.4 Å². The molecule has 0 unspecified atom stereocenters. The molecule has 142 valence electrons. The van der Waals surface area contributed by atoms with Gasteiger partial charge in [0.05, 0.1) is 4.92 Å². The van der Waals surface area contributed by atoms with Crippen LogP contribution in [-0.4, -0.2) is 25.6 Å². The molecule has 3 aromatic rings. The summed E-state index contributed by atoms with van der Waals surface area (Å²) in [5.74, 6) is 0.279. The van der Waals surface area contributed by atoms with Gasteiger partial charge in [0.25, 0.3) is 5.69 Å². The number of carbonyl (C=O) groups is 1. The number of thioether (sulfide) groups is 1. The van der Waals surface area contributed by atoms with Crippen LogP contribution in [0.5, 0.6) is 0 Å². The molecule has 28 heavy (non-hydrogen) atoms. The average molecular weight is 395 g/mol. The van der Waals surface area contributed by atoms with Gasteiger partial charge in [-0.3, -0.25) is 19.5 Å². The molecule has 0 fully saturated rings. The van der Waals surface area contributed by atoms with E-state index in [0.717, 1.165) is 5.56 Å². The van der Waals surface area contributed by atoms with E-state index in [1.165, 1.54) is 30.0 Å². The van der Waals surface area contributed by atoms with Crippen molar-refractivity contribution < 1.29 is 9.72 Å². The number of nitro benzene ring substituents is 1. The van der Waals surface area contributed by atoms with Crippen LogP contribution >= 0.6 is 11.8 Å². The van der Waals surface area contributed by atoms with Crippen LogP contribution in [0.15, 0.2) is 66.3 Å².